The summed E-state index contributed by atoms with van der Waals surface area (Å²) in [6.45, 7) is 7.44. The first-order valence-electron chi connectivity index (χ1n) is 7.74. The molecule has 1 N–H and O–H groups in total. The second-order valence-electron chi connectivity index (χ2n) is 6.26. The number of amides is 2. The molecule has 2 rings (SSSR count). The predicted molar refractivity (Wildman–Crippen MR) is 76.2 cm³/mol. The molecule has 0 spiro atoms. The SMILES string of the molecule is CCCC1NC(=O)C(CC(C)C)N(C2CCOC2)C1=O. The van der Waals surface area contributed by atoms with Crippen molar-refractivity contribution in [1.82, 2.24) is 10.2 Å². The quantitative estimate of drug-likeness (QED) is 0.827. The van der Waals surface area contributed by atoms with Crippen LogP contribution >= 0.6 is 0 Å². The summed E-state index contributed by atoms with van der Waals surface area (Å²) in [5.41, 5.74) is 0. The van der Waals surface area contributed by atoms with Gasteiger partial charge >= 0.3 is 0 Å². The summed E-state index contributed by atoms with van der Waals surface area (Å²) >= 11 is 0. The summed E-state index contributed by atoms with van der Waals surface area (Å²) in [6.07, 6.45) is 3.16. The maximum absolute atomic E-state index is 12.7. The standard InChI is InChI=1S/C15H26N2O3/c1-4-5-12-15(19)17(11-6-7-20-9-11)13(8-10(2)3)14(18)16-12/h10-13H,4-9H2,1-3H3,(H,16,18). The van der Waals surface area contributed by atoms with Gasteiger partial charge in [-0.25, -0.2) is 0 Å². The van der Waals surface area contributed by atoms with Crippen LogP contribution in [0, 0.1) is 5.92 Å². The van der Waals surface area contributed by atoms with E-state index in [1.54, 1.807) is 0 Å². The number of nitrogens with zero attached hydrogens (tertiary/aromatic N) is 1. The van der Waals surface area contributed by atoms with E-state index >= 15 is 0 Å². The number of rotatable bonds is 5. The Morgan fingerprint density at radius 3 is 2.70 bits per heavy atom. The number of nitrogens with one attached hydrogen (secondary N) is 1. The molecule has 2 amide bonds. The summed E-state index contributed by atoms with van der Waals surface area (Å²) < 4.78 is 5.42. The fourth-order valence-corrected chi connectivity index (χ4v) is 3.12. The highest BCUT2D eigenvalue weighted by Gasteiger charge is 2.44. The molecule has 0 aromatic heterocycles. The highest BCUT2D eigenvalue weighted by Crippen LogP contribution is 2.25. The molecule has 0 bridgehead atoms. The van der Waals surface area contributed by atoms with E-state index in [1.807, 2.05) is 11.8 Å². The summed E-state index contributed by atoms with van der Waals surface area (Å²) in [6, 6.07) is -0.615. The monoisotopic (exact) mass is 282 g/mol. The minimum atomic E-state index is -0.350. The van der Waals surface area contributed by atoms with Crippen molar-refractivity contribution in [3.63, 3.8) is 0 Å². The van der Waals surface area contributed by atoms with Crippen molar-refractivity contribution in [2.24, 2.45) is 5.92 Å². The molecule has 5 heteroatoms. The molecule has 5 nitrogen and oxygen atoms in total. The lowest BCUT2D eigenvalue weighted by molar-refractivity contribution is -0.153. The topological polar surface area (TPSA) is 58.6 Å². The highest BCUT2D eigenvalue weighted by molar-refractivity contribution is 5.97. The maximum atomic E-state index is 12.7. The van der Waals surface area contributed by atoms with E-state index < -0.39 is 0 Å². The fraction of sp³-hybridized carbons (Fsp3) is 0.867. The van der Waals surface area contributed by atoms with Crippen molar-refractivity contribution in [3.8, 4) is 0 Å². The average Bonchev–Trinajstić information content (AvgIpc) is 2.89. The third-order valence-corrected chi connectivity index (χ3v) is 4.08. The lowest BCUT2D eigenvalue weighted by atomic mass is 9.94. The van der Waals surface area contributed by atoms with E-state index in [0.29, 0.717) is 32.0 Å². The van der Waals surface area contributed by atoms with Gasteiger partial charge in [0.2, 0.25) is 11.8 Å². The van der Waals surface area contributed by atoms with Crippen LogP contribution in [0.3, 0.4) is 0 Å². The van der Waals surface area contributed by atoms with E-state index in [4.69, 9.17) is 4.74 Å². The van der Waals surface area contributed by atoms with Gasteiger partial charge in [-0.15, -0.1) is 0 Å². The Kier molecular flexibility index (Phi) is 5.02. The third-order valence-electron chi connectivity index (χ3n) is 4.08. The first-order valence-corrected chi connectivity index (χ1v) is 7.74. The Bertz CT molecular complexity index is 364. The van der Waals surface area contributed by atoms with Crippen LogP contribution in [0.4, 0.5) is 0 Å². The van der Waals surface area contributed by atoms with E-state index in [0.717, 1.165) is 12.8 Å². The molecule has 2 aliphatic heterocycles. The van der Waals surface area contributed by atoms with Gasteiger partial charge in [0.15, 0.2) is 0 Å². The van der Waals surface area contributed by atoms with Crippen LogP contribution in [-0.2, 0) is 14.3 Å². The summed E-state index contributed by atoms with van der Waals surface area (Å²) in [5, 5.41) is 2.90. The number of piperazine rings is 1. The molecular formula is C15H26N2O3. The zero-order valence-electron chi connectivity index (χ0n) is 12.7. The van der Waals surface area contributed by atoms with Gasteiger partial charge in [-0.3, -0.25) is 9.59 Å². The highest BCUT2D eigenvalue weighted by atomic mass is 16.5. The molecule has 2 saturated heterocycles. The molecule has 0 aromatic carbocycles. The lowest BCUT2D eigenvalue weighted by Gasteiger charge is -2.42. The largest absolute Gasteiger partial charge is 0.379 e. The third kappa shape index (κ3) is 3.14. The summed E-state index contributed by atoms with van der Waals surface area (Å²) in [4.78, 5) is 26.9. The Labute approximate surface area is 121 Å². The van der Waals surface area contributed by atoms with Crippen LogP contribution < -0.4 is 5.32 Å². The van der Waals surface area contributed by atoms with E-state index in [9.17, 15) is 9.59 Å². The lowest BCUT2D eigenvalue weighted by Crippen LogP contribution is -2.66. The molecule has 0 aromatic rings. The van der Waals surface area contributed by atoms with Gasteiger partial charge in [-0.05, 0) is 25.2 Å². The van der Waals surface area contributed by atoms with Gasteiger partial charge < -0.3 is 15.0 Å². The molecule has 2 fully saturated rings. The van der Waals surface area contributed by atoms with Crippen molar-refractivity contribution in [1.29, 1.82) is 0 Å². The molecule has 114 valence electrons. The van der Waals surface area contributed by atoms with Crippen LogP contribution in [0.2, 0.25) is 0 Å². The number of carbonyl (C=O) groups excluding carboxylic acids is 2. The van der Waals surface area contributed by atoms with E-state index in [-0.39, 0.29) is 29.9 Å². The van der Waals surface area contributed by atoms with Gasteiger partial charge in [-0.2, -0.15) is 0 Å². The average molecular weight is 282 g/mol. The number of carbonyl (C=O) groups is 2. The minimum Gasteiger partial charge on any atom is -0.379 e. The van der Waals surface area contributed by atoms with Gasteiger partial charge in [0.25, 0.3) is 0 Å². The van der Waals surface area contributed by atoms with Crippen molar-refractivity contribution < 1.29 is 14.3 Å². The van der Waals surface area contributed by atoms with Crippen molar-refractivity contribution in [2.75, 3.05) is 13.2 Å². The first kappa shape index (κ1) is 15.3. The maximum Gasteiger partial charge on any atom is 0.246 e. The van der Waals surface area contributed by atoms with E-state index in [1.165, 1.54) is 0 Å². The minimum absolute atomic E-state index is 0.00338. The number of hydrogen-bond acceptors (Lipinski definition) is 3. The summed E-state index contributed by atoms with van der Waals surface area (Å²) in [7, 11) is 0. The van der Waals surface area contributed by atoms with Crippen LogP contribution in [-0.4, -0.2) is 48.1 Å². The smallest absolute Gasteiger partial charge is 0.246 e. The van der Waals surface area contributed by atoms with Gasteiger partial charge in [0.05, 0.1) is 12.6 Å². The Hall–Kier alpha value is -1.10. The molecule has 3 unspecified atom stereocenters. The second kappa shape index (κ2) is 6.57. The zero-order valence-corrected chi connectivity index (χ0v) is 12.7. The normalized spacial score (nSPS) is 31.0. The van der Waals surface area contributed by atoms with Gasteiger partial charge in [0, 0.05) is 6.61 Å². The predicted octanol–water partition coefficient (Wildman–Crippen LogP) is 1.32. The molecular weight excluding hydrogens is 256 g/mol. The van der Waals surface area contributed by atoms with Gasteiger partial charge in [0.1, 0.15) is 12.1 Å². The number of hydrogen-bond donors (Lipinski definition) is 1. The van der Waals surface area contributed by atoms with Crippen LogP contribution in [0.25, 0.3) is 0 Å². The van der Waals surface area contributed by atoms with Crippen LogP contribution in [0.15, 0.2) is 0 Å². The fourth-order valence-electron chi connectivity index (χ4n) is 3.12. The van der Waals surface area contributed by atoms with Crippen molar-refractivity contribution in [2.45, 2.75) is 64.6 Å². The van der Waals surface area contributed by atoms with Gasteiger partial charge in [-0.1, -0.05) is 27.2 Å². The molecule has 20 heavy (non-hydrogen) atoms. The zero-order chi connectivity index (χ0) is 14.7. The Morgan fingerprint density at radius 1 is 1.40 bits per heavy atom. The van der Waals surface area contributed by atoms with Crippen LogP contribution in [0.1, 0.15) is 46.5 Å². The molecule has 0 radical (unpaired) electrons. The molecule has 2 aliphatic rings. The molecule has 0 saturated carbocycles. The second-order valence-corrected chi connectivity index (χ2v) is 6.26. The van der Waals surface area contributed by atoms with Crippen molar-refractivity contribution in [3.05, 3.63) is 0 Å². The van der Waals surface area contributed by atoms with Crippen LogP contribution in [0.5, 0.6) is 0 Å². The number of ether oxygens (including phenoxy) is 1. The molecule has 3 atom stereocenters. The first-order chi connectivity index (χ1) is 9.54. The molecule has 0 aliphatic carbocycles. The Balaban J connectivity index is 2.20. The molecule has 2 heterocycles. The van der Waals surface area contributed by atoms with Crippen molar-refractivity contribution >= 4 is 11.8 Å². The Morgan fingerprint density at radius 2 is 2.15 bits per heavy atom. The summed E-state index contributed by atoms with van der Waals surface area (Å²) in [5.74, 6) is 0.461. The van der Waals surface area contributed by atoms with E-state index in [2.05, 4.69) is 19.2 Å².